The molecule has 0 saturated carbocycles. The zero-order valence-electron chi connectivity index (χ0n) is 10.3. The van der Waals surface area contributed by atoms with Crippen molar-refractivity contribution in [3.63, 3.8) is 0 Å². The number of nitrogens with zero attached hydrogens (tertiary/aromatic N) is 1. The van der Waals surface area contributed by atoms with Crippen LogP contribution in [0, 0.1) is 0 Å². The second-order valence-corrected chi connectivity index (χ2v) is 5.82. The third kappa shape index (κ3) is 3.54. The summed E-state index contributed by atoms with van der Waals surface area (Å²) in [6.07, 6.45) is 0. The first-order valence-electron chi connectivity index (χ1n) is 5.66. The summed E-state index contributed by atoms with van der Waals surface area (Å²) in [4.78, 5) is 4.57. The molecule has 1 N–H and O–H groups in total. The SMILES string of the molecule is COC[C@@H](C)Nc1nc(-c2ccc(Br)cc2)cs1. The molecule has 18 heavy (non-hydrogen) atoms. The quantitative estimate of drug-likeness (QED) is 0.901. The maximum Gasteiger partial charge on any atom is 0.183 e. The van der Waals surface area contributed by atoms with Crippen LogP contribution in [0.1, 0.15) is 6.92 Å². The van der Waals surface area contributed by atoms with Crippen molar-refractivity contribution in [1.82, 2.24) is 4.98 Å². The number of hydrogen-bond donors (Lipinski definition) is 1. The van der Waals surface area contributed by atoms with Gasteiger partial charge in [0.25, 0.3) is 0 Å². The van der Waals surface area contributed by atoms with Gasteiger partial charge in [-0.15, -0.1) is 11.3 Å². The number of benzene rings is 1. The molecule has 0 saturated heterocycles. The van der Waals surface area contributed by atoms with Crippen LogP contribution >= 0.6 is 27.3 Å². The van der Waals surface area contributed by atoms with Crippen molar-refractivity contribution in [3.05, 3.63) is 34.1 Å². The van der Waals surface area contributed by atoms with Gasteiger partial charge in [-0.25, -0.2) is 4.98 Å². The number of methoxy groups -OCH3 is 1. The zero-order chi connectivity index (χ0) is 13.0. The van der Waals surface area contributed by atoms with E-state index in [4.69, 9.17) is 4.74 Å². The third-order valence-corrected chi connectivity index (χ3v) is 3.73. The van der Waals surface area contributed by atoms with Gasteiger partial charge in [0.1, 0.15) is 0 Å². The standard InChI is InChI=1S/C13H15BrN2OS/c1-9(7-17-2)15-13-16-12(8-18-13)10-3-5-11(14)6-4-10/h3-6,8-9H,7H2,1-2H3,(H,15,16)/t9-/m1/s1. The maximum absolute atomic E-state index is 5.09. The Bertz CT molecular complexity index is 498. The lowest BCUT2D eigenvalue weighted by atomic mass is 10.2. The number of rotatable bonds is 5. The first-order chi connectivity index (χ1) is 8.69. The van der Waals surface area contributed by atoms with Crippen molar-refractivity contribution in [1.29, 1.82) is 0 Å². The molecule has 0 aliphatic carbocycles. The summed E-state index contributed by atoms with van der Waals surface area (Å²) < 4.78 is 6.17. The molecule has 0 bridgehead atoms. The predicted molar refractivity (Wildman–Crippen MR) is 80.2 cm³/mol. The van der Waals surface area contributed by atoms with Crippen LogP contribution < -0.4 is 5.32 Å². The molecular formula is C13H15BrN2OS. The molecule has 0 spiro atoms. The molecule has 0 fully saturated rings. The molecule has 0 aliphatic rings. The second kappa shape index (κ2) is 6.31. The van der Waals surface area contributed by atoms with Crippen LogP contribution in [0.2, 0.25) is 0 Å². The van der Waals surface area contributed by atoms with E-state index in [0.29, 0.717) is 6.61 Å². The Morgan fingerprint density at radius 1 is 1.39 bits per heavy atom. The average molecular weight is 327 g/mol. The fourth-order valence-corrected chi connectivity index (χ4v) is 2.69. The van der Waals surface area contributed by atoms with Crippen LogP contribution in [0.3, 0.4) is 0 Å². The Kier molecular flexibility index (Phi) is 4.74. The van der Waals surface area contributed by atoms with Gasteiger partial charge < -0.3 is 10.1 Å². The van der Waals surface area contributed by atoms with Gasteiger partial charge >= 0.3 is 0 Å². The van der Waals surface area contributed by atoms with Crippen LogP contribution in [0.5, 0.6) is 0 Å². The number of nitrogens with one attached hydrogen (secondary N) is 1. The molecule has 0 amide bonds. The molecule has 5 heteroatoms. The number of anilines is 1. The van der Waals surface area contributed by atoms with Crippen LogP contribution in [-0.4, -0.2) is 24.7 Å². The van der Waals surface area contributed by atoms with Crippen LogP contribution in [0.25, 0.3) is 11.3 Å². The summed E-state index contributed by atoms with van der Waals surface area (Å²) in [5.74, 6) is 0. The fourth-order valence-electron chi connectivity index (χ4n) is 1.60. The molecule has 1 aromatic heterocycles. The van der Waals surface area contributed by atoms with Gasteiger partial charge in [-0.1, -0.05) is 28.1 Å². The third-order valence-electron chi connectivity index (χ3n) is 2.43. The summed E-state index contributed by atoms with van der Waals surface area (Å²) >= 11 is 5.04. The number of hydrogen-bond acceptors (Lipinski definition) is 4. The number of thiazole rings is 1. The Labute approximate surface area is 119 Å². The molecule has 3 nitrogen and oxygen atoms in total. The minimum absolute atomic E-state index is 0.263. The molecule has 0 radical (unpaired) electrons. The van der Waals surface area contributed by atoms with Crippen LogP contribution in [0.4, 0.5) is 5.13 Å². The lowest BCUT2D eigenvalue weighted by Gasteiger charge is -2.10. The molecule has 1 aromatic carbocycles. The van der Waals surface area contributed by atoms with Crippen molar-refractivity contribution in [3.8, 4) is 11.3 Å². The number of ether oxygens (including phenoxy) is 1. The first-order valence-corrected chi connectivity index (χ1v) is 7.33. The van der Waals surface area contributed by atoms with E-state index < -0.39 is 0 Å². The van der Waals surface area contributed by atoms with E-state index in [1.807, 2.05) is 12.1 Å². The second-order valence-electron chi connectivity index (χ2n) is 4.05. The molecular weight excluding hydrogens is 312 g/mol. The lowest BCUT2D eigenvalue weighted by Crippen LogP contribution is -2.20. The summed E-state index contributed by atoms with van der Waals surface area (Å²) in [5.41, 5.74) is 2.13. The van der Waals surface area contributed by atoms with Crippen molar-refractivity contribution >= 4 is 32.4 Å². The van der Waals surface area contributed by atoms with Crippen LogP contribution in [0.15, 0.2) is 34.1 Å². The van der Waals surface area contributed by atoms with Gasteiger partial charge in [-0.2, -0.15) is 0 Å². The van der Waals surface area contributed by atoms with E-state index in [1.54, 1.807) is 18.4 Å². The highest BCUT2D eigenvalue weighted by Crippen LogP contribution is 2.26. The number of halogens is 1. The Morgan fingerprint density at radius 2 is 2.11 bits per heavy atom. The Balaban J connectivity index is 2.08. The van der Waals surface area contributed by atoms with Gasteiger partial charge in [0, 0.05) is 28.6 Å². The Hall–Kier alpha value is -0.910. The highest BCUT2D eigenvalue weighted by molar-refractivity contribution is 9.10. The molecule has 1 heterocycles. The van der Waals surface area contributed by atoms with E-state index in [0.717, 1.165) is 20.9 Å². The van der Waals surface area contributed by atoms with Gasteiger partial charge in [-0.3, -0.25) is 0 Å². The molecule has 0 aliphatic heterocycles. The summed E-state index contributed by atoms with van der Waals surface area (Å²) in [7, 11) is 1.70. The summed E-state index contributed by atoms with van der Waals surface area (Å²) in [6.45, 7) is 2.75. The Morgan fingerprint density at radius 3 is 2.78 bits per heavy atom. The highest BCUT2D eigenvalue weighted by atomic mass is 79.9. The van der Waals surface area contributed by atoms with Gasteiger partial charge in [0.15, 0.2) is 5.13 Å². The first kappa shape index (κ1) is 13.5. The zero-order valence-corrected chi connectivity index (χ0v) is 12.7. The topological polar surface area (TPSA) is 34.1 Å². The van der Waals surface area contributed by atoms with Crippen molar-refractivity contribution in [2.24, 2.45) is 0 Å². The van der Waals surface area contributed by atoms with Crippen molar-refractivity contribution in [2.75, 3.05) is 19.0 Å². The lowest BCUT2D eigenvalue weighted by molar-refractivity contribution is 0.190. The predicted octanol–water partition coefficient (Wildman–Crippen LogP) is 4.02. The minimum Gasteiger partial charge on any atom is -0.383 e. The highest BCUT2D eigenvalue weighted by Gasteiger charge is 2.07. The van der Waals surface area contributed by atoms with E-state index in [1.165, 1.54) is 0 Å². The summed E-state index contributed by atoms with van der Waals surface area (Å²) in [6, 6.07) is 8.42. The number of aromatic nitrogens is 1. The van der Waals surface area contributed by atoms with E-state index in [2.05, 4.69) is 50.7 Å². The molecule has 0 unspecified atom stereocenters. The fraction of sp³-hybridized carbons (Fsp3) is 0.308. The molecule has 2 rings (SSSR count). The van der Waals surface area contributed by atoms with E-state index in [9.17, 15) is 0 Å². The van der Waals surface area contributed by atoms with Crippen molar-refractivity contribution < 1.29 is 4.74 Å². The minimum atomic E-state index is 0.263. The van der Waals surface area contributed by atoms with E-state index >= 15 is 0 Å². The monoisotopic (exact) mass is 326 g/mol. The molecule has 2 aromatic rings. The van der Waals surface area contributed by atoms with Crippen molar-refractivity contribution in [2.45, 2.75) is 13.0 Å². The van der Waals surface area contributed by atoms with E-state index in [-0.39, 0.29) is 6.04 Å². The smallest absolute Gasteiger partial charge is 0.183 e. The molecule has 1 atom stereocenters. The maximum atomic E-state index is 5.09. The largest absolute Gasteiger partial charge is 0.383 e. The van der Waals surface area contributed by atoms with Crippen LogP contribution in [-0.2, 0) is 4.74 Å². The molecule has 96 valence electrons. The van der Waals surface area contributed by atoms with Gasteiger partial charge in [0.2, 0.25) is 0 Å². The van der Waals surface area contributed by atoms with Gasteiger partial charge in [-0.05, 0) is 19.1 Å². The van der Waals surface area contributed by atoms with Gasteiger partial charge in [0.05, 0.1) is 12.3 Å². The average Bonchev–Trinajstić information content (AvgIpc) is 2.78. The summed E-state index contributed by atoms with van der Waals surface area (Å²) in [5, 5.41) is 6.31. The normalized spacial score (nSPS) is 12.4.